The number of nitrogens with zero attached hydrogens (tertiary/aromatic N) is 3. The van der Waals surface area contributed by atoms with Crippen LogP contribution in [0.4, 0.5) is 5.13 Å². The molecule has 1 aromatic heterocycles. The summed E-state index contributed by atoms with van der Waals surface area (Å²) in [4.78, 5) is 23.7. The molecule has 0 unspecified atom stereocenters. The Labute approximate surface area is 157 Å². The molecule has 26 heavy (non-hydrogen) atoms. The minimum absolute atomic E-state index is 0.225. The molecule has 2 aromatic carbocycles. The van der Waals surface area contributed by atoms with Gasteiger partial charge >= 0.3 is 11.8 Å². The van der Waals surface area contributed by atoms with E-state index < -0.39 is 11.8 Å². The van der Waals surface area contributed by atoms with E-state index in [0.717, 1.165) is 5.56 Å². The van der Waals surface area contributed by atoms with Gasteiger partial charge in [-0.05, 0) is 17.7 Å². The fourth-order valence-corrected chi connectivity index (χ4v) is 2.87. The zero-order valence-corrected chi connectivity index (χ0v) is 14.8. The Morgan fingerprint density at radius 3 is 2.62 bits per heavy atom. The van der Waals surface area contributed by atoms with Crippen LogP contribution < -0.4 is 10.7 Å². The van der Waals surface area contributed by atoms with Crippen LogP contribution in [0.2, 0.25) is 5.02 Å². The molecular formula is C17H12ClN5O2S. The predicted octanol–water partition coefficient (Wildman–Crippen LogP) is 2.95. The van der Waals surface area contributed by atoms with Crippen molar-refractivity contribution < 1.29 is 9.59 Å². The van der Waals surface area contributed by atoms with Crippen molar-refractivity contribution in [2.24, 2.45) is 5.10 Å². The number of amides is 2. The molecule has 0 atom stereocenters. The lowest BCUT2D eigenvalue weighted by atomic mass is 10.2. The first-order valence-corrected chi connectivity index (χ1v) is 8.60. The average molecular weight is 386 g/mol. The summed E-state index contributed by atoms with van der Waals surface area (Å²) in [6.07, 6.45) is 1.38. The highest BCUT2D eigenvalue weighted by Crippen LogP contribution is 2.25. The molecule has 2 N–H and O–H groups in total. The first kappa shape index (κ1) is 17.7. The molecule has 0 saturated heterocycles. The number of carbonyl (C=O) groups is 2. The third-order valence-corrected chi connectivity index (χ3v) is 4.22. The number of anilines is 1. The standard InChI is InChI=1S/C17H12ClN5O2S/c18-13-8-4-5-11(9-13)10-19-21-15(25)14(24)20-17-23-22-16(26-17)12-6-2-1-3-7-12/h1-10H,(H,21,25)(H,20,23,24). The fraction of sp³-hybridized carbons (Fsp3) is 0. The van der Waals surface area contributed by atoms with Gasteiger partial charge in [0.2, 0.25) is 5.13 Å². The van der Waals surface area contributed by atoms with Gasteiger partial charge in [-0.15, -0.1) is 10.2 Å². The second kappa shape index (κ2) is 8.32. The monoisotopic (exact) mass is 385 g/mol. The minimum Gasteiger partial charge on any atom is -0.292 e. The molecule has 7 nitrogen and oxygen atoms in total. The number of aromatic nitrogens is 2. The fourth-order valence-electron chi connectivity index (χ4n) is 1.93. The third kappa shape index (κ3) is 4.71. The summed E-state index contributed by atoms with van der Waals surface area (Å²) in [5.74, 6) is -1.80. The Bertz CT molecular complexity index is 959. The van der Waals surface area contributed by atoms with Gasteiger partial charge < -0.3 is 0 Å². The van der Waals surface area contributed by atoms with Gasteiger partial charge in [0.05, 0.1) is 6.21 Å². The molecule has 0 fully saturated rings. The van der Waals surface area contributed by atoms with E-state index in [1.165, 1.54) is 17.6 Å². The van der Waals surface area contributed by atoms with E-state index >= 15 is 0 Å². The molecule has 9 heteroatoms. The van der Waals surface area contributed by atoms with E-state index in [4.69, 9.17) is 11.6 Å². The Balaban J connectivity index is 1.56. The molecule has 0 saturated carbocycles. The molecule has 0 aliphatic heterocycles. The van der Waals surface area contributed by atoms with Crippen LogP contribution in [0.15, 0.2) is 59.7 Å². The number of hydrogen-bond donors (Lipinski definition) is 2. The number of carbonyl (C=O) groups excluding carboxylic acids is 2. The van der Waals surface area contributed by atoms with E-state index in [1.807, 2.05) is 30.3 Å². The van der Waals surface area contributed by atoms with Crippen molar-refractivity contribution in [1.29, 1.82) is 0 Å². The first-order chi connectivity index (χ1) is 12.6. The number of benzene rings is 2. The Morgan fingerprint density at radius 1 is 1.04 bits per heavy atom. The molecule has 3 rings (SSSR count). The average Bonchev–Trinajstić information content (AvgIpc) is 3.11. The lowest BCUT2D eigenvalue weighted by molar-refractivity contribution is -0.136. The summed E-state index contributed by atoms with van der Waals surface area (Å²) in [6, 6.07) is 16.3. The number of halogens is 1. The van der Waals surface area contributed by atoms with Crippen molar-refractivity contribution in [1.82, 2.24) is 15.6 Å². The topological polar surface area (TPSA) is 96.3 Å². The molecule has 2 amide bonds. The molecule has 3 aromatic rings. The van der Waals surface area contributed by atoms with Crippen molar-refractivity contribution in [2.75, 3.05) is 5.32 Å². The first-order valence-electron chi connectivity index (χ1n) is 7.41. The van der Waals surface area contributed by atoms with Crippen LogP contribution in [0.25, 0.3) is 10.6 Å². The van der Waals surface area contributed by atoms with Crippen molar-refractivity contribution in [3.63, 3.8) is 0 Å². The number of rotatable bonds is 4. The summed E-state index contributed by atoms with van der Waals surface area (Å²) < 4.78 is 0. The number of hydrazone groups is 1. The van der Waals surface area contributed by atoms with Gasteiger partial charge in [-0.2, -0.15) is 5.10 Å². The van der Waals surface area contributed by atoms with E-state index in [0.29, 0.717) is 15.6 Å². The molecular weight excluding hydrogens is 374 g/mol. The largest absolute Gasteiger partial charge is 0.329 e. The van der Waals surface area contributed by atoms with Crippen molar-refractivity contribution >= 4 is 46.1 Å². The molecule has 130 valence electrons. The van der Waals surface area contributed by atoms with Crippen LogP contribution in [-0.2, 0) is 9.59 Å². The van der Waals surface area contributed by atoms with E-state index in [-0.39, 0.29) is 5.13 Å². The SMILES string of the molecule is O=C(NN=Cc1cccc(Cl)c1)C(=O)Nc1nnc(-c2ccccc2)s1. The number of nitrogens with one attached hydrogen (secondary N) is 2. The van der Waals surface area contributed by atoms with E-state index in [2.05, 4.69) is 26.0 Å². The molecule has 1 heterocycles. The zero-order valence-electron chi connectivity index (χ0n) is 13.2. The van der Waals surface area contributed by atoms with Crippen LogP contribution in [0.5, 0.6) is 0 Å². The van der Waals surface area contributed by atoms with Crippen LogP contribution in [0.3, 0.4) is 0 Å². The van der Waals surface area contributed by atoms with Gasteiger partial charge in [-0.3, -0.25) is 14.9 Å². The second-order valence-electron chi connectivity index (χ2n) is 4.99. The zero-order chi connectivity index (χ0) is 18.4. The highest BCUT2D eigenvalue weighted by molar-refractivity contribution is 7.18. The summed E-state index contributed by atoms with van der Waals surface area (Å²) >= 11 is 7.02. The van der Waals surface area contributed by atoms with E-state index in [1.54, 1.807) is 24.3 Å². The number of hydrogen-bond acceptors (Lipinski definition) is 6. The summed E-state index contributed by atoms with van der Waals surface area (Å²) in [5, 5.41) is 15.4. The van der Waals surface area contributed by atoms with Crippen molar-refractivity contribution in [3.05, 3.63) is 65.2 Å². The lowest BCUT2D eigenvalue weighted by Gasteiger charge is -1.99. The van der Waals surface area contributed by atoms with Gasteiger partial charge in [0.15, 0.2) is 0 Å². The predicted molar refractivity (Wildman–Crippen MR) is 101 cm³/mol. The van der Waals surface area contributed by atoms with Gasteiger partial charge in [-0.25, -0.2) is 5.43 Å². The molecule has 0 spiro atoms. The Morgan fingerprint density at radius 2 is 1.85 bits per heavy atom. The summed E-state index contributed by atoms with van der Waals surface area (Å²) in [6.45, 7) is 0. The lowest BCUT2D eigenvalue weighted by Crippen LogP contribution is -2.32. The molecule has 0 aliphatic carbocycles. The summed E-state index contributed by atoms with van der Waals surface area (Å²) in [5.41, 5.74) is 3.71. The van der Waals surface area contributed by atoms with Crippen LogP contribution in [-0.4, -0.2) is 28.2 Å². The maximum Gasteiger partial charge on any atom is 0.329 e. The summed E-state index contributed by atoms with van der Waals surface area (Å²) in [7, 11) is 0. The second-order valence-corrected chi connectivity index (χ2v) is 6.40. The quantitative estimate of drug-likeness (QED) is 0.410. The Hall–Kier alpha value is -3.10. The Kier molecular flexibility index (Phi) is 5.67. The van der Waals surface area contributed by atoms with Gasteiger partial charge in [-0.1, -0.05) is 65.4 Å². The van der Waals surface area contributed by atoms with Crippen molar-refractivity contribution in [2.45, 2.75) is 0 Å². The van der Waals surface area contributed by atoms with Gasteiger partial charge in [0.1, 0.15) is 5.01 Å². The van der Waals surface area contributed by atoms with Gasteiger partial charge in [0.25, 0.3) is 0 Å². The normalized spacial score (nSPS) is 10.7. The highest BCUT2D eigenvalue weighted by Gasteiger charge is 2.16. The van der Waals surface area contributed by atoms with Crippen LogP contribution >= 0.6 is 22.9 Å². The van der Waals surface area contributed by atoms with E-state index in [9.17, 15) is 9.59 Å². The third-order valence-electron chi connectivity index (χ3n) is 3.10. The maximum absolute atomic E-state index is 11.9. The maximum atomic E-state index is 11.9. The molecule has 0 radical (unpaired) electrons. The smallest absolute Gasteiger partial charge is 0.292 e. The van der Waals surface area contributed by atoms with Crippen LogP contribution in [0, 0.1) is 0 Å². The van der Waals surface area contributed by atoms with Crippen LogP contribution in [0.1, 0.15) is 5.56 Å². The van der Waals surface area contributed by atoms with Gasteiger partial charge in [0, 0.05) is 10.6 Å². The highest BCUT2D eigenvalue weighted by atomic mass is 35.5. The molecule has 0 aliphatic rings. The minimum atomic E-state index is -0.917. The molecule has 0 bridgehead atoms. The van der Waals surface area contributed by atoms with Crippen molar-refractivity contribution in [3.8, 4) is 10.6 Å².